The maximum absolute atomic E-state index is 13.4. The molecule has 0 unspecified atom stereocenters. The summed E-state index contributed by atoms with van der Waals surface area (Å²) >= 11 is 0. The number of carbonyl (C=O) groups is 2. The average Bonchev–Trinajstić information content (AvgIpc) is 3.29. The molecule has 1 saturated heterocycles. The van der Waals surface area contributed by atoms with E-state index in [4.69, 9.17) is 13.9 Å². The molecule has 0 radical (unpaired) electrons. The maximum Gasteiger partial charge on any atom is 0.409 e. The Bertz CT molecular complexity index is 1270. The number of piperazine rings is 1. The van der Waals surface area contributed by atoms with Gasteiger partial charge in [-0.15, -0.1) is 0 Å². The molecule has 2 amide bonds. The van der Waals surface area contributed by atoms with Gasteiger partial charge < -0.3 is 23.7 Å². The van der Waals surface area contributed by atoms with Crippen LogP contribution in [0.2, 0.25) is 0 Å². The smallest absolute Gasteiger partial charge is 0.409 e. The van der Waals surface area contributed by atoms with E-state index in [2.05, 4.69) is 0 Å². The highest BCUT2D eigenvalue weighted by molar-refractivity contribution is 6.01. The highest BCUT2D eigenvalue weighted by Gasteiger charge is 2.25. The molecule has 0 spiro atoms. The van der Waals surface area contributed by atoms with Crippen LogP contribution >= 0.6 is 0 Å². The molecule has 2 aromatic carbocycles. The number of halogens is 1. The Hall–Kier alpha value is -3.81. The molecule has 1 aromatic heterocycles. The SMILES string of the molecule is CCOC(=O)N1CCN(C(=O)/C=C(\C)c2cc3c(-c4ccc(F)cc4)coc3c(C)c2OC)CC1. The summed E-state index contributed by atoms with van der Waals surface area (Å²) in [6.45, 7) is 7.61. The predicted octanol–water partition coefficient (Wildman–Crippen LogP) is 5.26. The van der Waals surface area contributed by atoms with Crippen LogP contribution in [0.1, 0.15) is 25.0 Å². The third-order valence-corrected chi connectivity index (χ3v) is 6.29. The van der Waals surface area contributed by atoms with Gasteiger partial charge in [0.15, 0.2) is 0 Å². The minimum Gasteiger partial charge on any atom is -0.496 e. The number of allylic oxidation sites excluding steroid dienone is 1. The molecule has 0 saturated carbocycles. The van der Waals surface area contributed by atoms with Crippen LogP contribution in [0.4, 0.5) is 9.18 Å². The molecular weight excluding hydrogens is 451 g/mol. The van der Waals surface area contributed by atoms with E-state index in [0.717, 1.165) is 33.2 Å². The first-order chi connectivity index (χ1) is 16.8. The van der Waals surface area contributed by atoms with Crippen LogP contribution in [0, 0.1) is 12.7 Å². The number of fused-ring (bicyclic) bond motifs is 1. The zero-order chi connectivity index (χ0) is 25.1. The summed E-state index contributed by atoms with van der Waals surface area (Å²) in [7, 11) is 1.59. The summed E-state index contributed by atoms with van der Waals surface area (Å²) in [5, 5.41) is 0.855. The first-order valence-electron chi connectivity index (χ1n) is 11.6. The lowest BCUT2D eigenvalue weighted by Gasteiger charge is -2.33. The van der Waals surface area contributed by atoms with Crippen molar-refractivity contribution in [1.82, 2.24) is 9.80 Å². The molecule has 0 bridgehead atoms. The van der Waals surface area contributed by atoms with Crippen LogP contribution in [0.5, 0.6) is 5.75 Å². The number of hydrogen-bond donors (Lipinski definition) is 0. The van der Waals surface area contributed by atoms with Gasteiger partial charge in [-0.05, 0) is 50.1 Å². The minimum atomic E-state index is -0.350. The average molecular weight is 481 g/mol. The van der Waals surface area contributed by atoms with Crippen LogP contribution in [0.15, 0.2) is 47.1 Å². The molecule has 3 aromatic rings. The van der Waals surface area contributed by atoms with Crippen LogP contribution < -0.4 is 4.74 Å². The Balaban J connectivity index is 1.63. The van der Waals surface area contributed by atoms with E-state index >= 15 is 0 Å². The summed E-state index contributed by atoms with van der Waals surface area (Å²) in [6, 6.07) is 8.19. The van der Waals surface area contributed by atoms with E-state index in [1.807, 2.05) is 19.9 Å². The van der Waals surface area contributed by atoms with Crippen molar-refractivity contribution < 1.29 is 27.9 Å². The summed E-state index contributed by atoms with van der Waals surface area (Å²) in [5.41, 5.74) is 4.69. The monoisotopic (exact) mass is 480 g/mol. The lowest BCUT2D eigenvalue weighted by Crippen LogP contribution is -2.50. The Morgan fingerprint density at radius 2 is 1.77 bits per heavy atom. The molecule has 1 aliphatic rings. The molecule has 35 heavy (non-hydrogen) atoms. The molecule has 4 rings (SSSR count). The number of benzene rings is 2. The number of aryl methyl sites for hydroxylation is 1. The topological polar surface area (TPSA) is 72.2 Å². The Morgan fingerprint density at radius 3 is 2.40 bits per heavy atom. The van der Waals surface area contributed by atoms with Crippen molar-refractivity contribution in [3.63, 3.8) is 0 Å². The van der Waals surface area contributed by atoms with Crippen molar-refractivity contribution in [3.05, 3.63) is 59.6 Å². The van der Waals surface area contributed by atoms with Crippen molar-refractivity contribution in [1.29, 1.82) is 0 Å². The maximum atomic E-state index is 13.4. The molecule has 0 atom stereocenters. The van der Waals surface area contributed by atoms with Gasteiger partial charge in [0.05, 0.1) is 20.0 Å². The minimum absolute atomic E-state index is 0.128. The molecule has 8 heteroatoms. The predicted molar refractivity (Wildman–Crippen MR) is 132 cm³/mol. The summed E-state index contributed by atoms with van der Waals surface area (Å²) in [4.78, 5) is 28.3. The van der Waals surface area contributed by atoms with Gasteiger partial charge in [-0.1, -0.05) is 12.1 Å². The van der Waals surface area contributed by atoms with E-state index in [-0.39, 0.29) is 17.8 Å². The van der Waals surface area contributed by atoms with Crippen molar-refractivity contribution >= 4 is 28.5 Å². The lowest BCUT2D eigenvalue weighted by molar-refractivity contribution is -0.127. The van der Waals surface area contributed by atoms with E-state index < -0.39 is 0 Å². The second kappa shape index (κ2) is 10.2. The second-order valence-corrected chi connectivity index (χ2v) is 8.45. The van der Waals surface area contributed by atoms with Gasteiger partial charge in [0.1, 0.15) is 17.1 Å². The molecule has 184 valence electrons. The summed E-state index contributed by atoms with van der Waals surface area (Å²) in [5.74, 6) is 0.198. The number of rotatable bonds is 5. The van der Waals surface area contributed by atoms with Crippen molar-refractivity contribution in [2.75, 3.05) is 39.9 Å². The molecule has 7 nitrogen and oxygen atoms in total. The number of furan rings is 1. The summed E-state index contributed by atoms with van der Waals surface area (Å²) in [6.07, 6.45) is 2.90. The van der Waals surface area contributed by atoms with E-state index in [9.17, 15) is 14.0 Å². The zero-order valence-electron chi connectivity index (χ0n) is 20.4. The molecule has 1 aliphatic heterocycles. The zero-order valence-corrected chi connectivity index (χ0v) is 20.4. The van der Waals surface area contributed by atoms with E-state index in [1.165, 1.54) is 12.1 Å². The number of hydrogen-bond acceptors (Lipinski definition) is 5. The summed E-state index contributed by atoms with van der Waals surface area (Å²) < 4.78 is 30.0. The van der Waals surface area contributed by atoms with Crippen LogP contribution in [-0.2, 0) is 9.53 Å². The van der Waals surface area contributed by atoms with E-state index in [0.29, 0.717) is 44.1 Å². The highest BCUT2D eigenvalue weighted by atomic mass is 19.1. The van der Waals surface area contributed by atoms with Crippen molar-refractivity contribution in [2.45, 2.75) is 20.8 Å². The second-order valence-electron chi connectivity index (χ2n) is 8.45. The largest absolute Gasteiger partial charge is 0.496 e. The van der Waals surface area contributed by atoms with Crippen LogP contribution in [-0.4, -0.2) is 61.7 Å². The molecular formula is C27H29FN2O5. The molecule has 0 aliphatic carbocycles. The fourth-order valence-electron chi connectivity index (χ4n) is 4.40. The van der Waals surface area contributed by atoms with Gasteiger partial charge in [0.25, 0.3) is 0 Å². The molecule has 1 fully saturated rings. The molecule has 2 heterocycles. The first kappa shape index (κ1) is 24.3. The number of methoxy groups -OCH3 is 1. The van der Waals surface area contributed by atoms with Gasteiger partial charge >= 0.3 is 6.09 Å². The fourth-order valence-corrected chi connectivity index (χ4v) is 4.40. The lowest BCUT2D eigenvalue weighted by atomic mass is 9.96. The number of carbonyl (C=O) groups excluding carboxylic acids is 2. The van der Waals surface area contributed by atoms with Gasteiger partial charge in [-0.25, -0.2) is 9.18 Å². The number of nitrogens with zero attached hydrogens (tertiary/aromatic N) is 2. The third kappa shape index (κ3) is 4.87. The van der Waals surface area contributed by atoms with Crippen molar-refractivity contribution in [3.8, 4) is 16.9 Å². The van der Waals surface area contributed by atoms with Crippen LogP contribution in [0.25, 0.3) is 27.7 Å². The third-order valence-electron chi connectivity index (χ3n) is 6.29. The highest BCUT2D eigenvalue weighted by Crippen LogP contribution is 2.40. The van der Waals surface area contributed by atoms with Gasteiger partial charge in [0.2, 0.25) is 5.91 Å². The van der Waals surface area contributed by atoms with Gasteiger partial charge in [0, 0.05) is 54.3 Å². The Kier molecular flexibility index (Phi) is 7.10. The van der Waals surface area contributed by atoms with E-state index in [1.54, 1.807) is 48.3 Å². The quantitative estimate of drug-likeness (QED) is 0.466. The standard InChI is InChI=1S/C27H29FN2O5/c1-5-34-27(32)30-12-10-29(11-13-30)24(31)14-17(2)21-15-22-23(19-6-8-20(28)9-7-19)16-35-26(22)18(3)25(21)33-4/h6-9,14-16H,5,10-13H2,1-4H3/b17-14+. The van der Waals surface area contributed by atoms with Crippen molar-refractivity contribution in [2.24, 2.45) is 0 Å². The first-order valence-corrected chi connectivity index (χ1v) is 11.6. The normalized spacial score (nSPS) is 14.4. The Labute approximate surface area is 203 Å². The van der Waals surface area contributed by atoms with Gasteiger partial charge in [-0.3, -0.25) is 4.79 Å². The van der Waals surface area contributed by atoms with Gasteiger partial charge in [-0.2, -0.15) is 0 Å². The number of amides is 2. The number of ether oxygens (including phenoxy) is 2. The Morgan fingerprint density at radius 1 is 1.11 bits per heavy atom. The van der Waals surface area contributed by atoms with Crippen LogP contribution in [0.3, 0.4) is 0 Å². The molecule has 0 N–H and O–H groups in total. The fraction of sp³-hybridized carbons (Fsp3) is 0.333.